The summed E-state index contributed by atoms with van der Waals surface area (Å²) in [6.45, 7) is 0.853. The lowest BCUT2D eigenvalue weighted by Gasteiger charge is -2.31. The molecule has 57 heavy (non-hydrogen) atoms. The van der Waals surface area contributed by atoms with E-state index in [1.807, 2.05) is 24.4 Å². The Hall–Kier alpha value is -6.76. The molecule has 11 rings (SSSR count). The molecule has 3 aromatic carbocycles. The van der Waals surface area contributed by atoms with Crippen LogP contribution in [0.3, 0.4) is 0 Å². The Labute approximate surface area is 332 Å². The van der Waals surface area contributed by atoms with Crippen LogP contribution < -0.4 is 10.6 Å². The molecule has 2 N–H and O–H groups in total. The van der Waals surface area contributed by atoms with E-state index in [0.29, 0.717) is 5.82 Å². The van der Waals surface area contributed by atoms with Crippen molar-refractivity contribution in [3.8, 4) is 22.8 Å². The normalized spacial score (nSPS) is 21.8. The van der Waals surface area contributed by atoms with Crippen LogP contribution in [0, 0.1) is 0 Å². The van der Waals surface area contributed by atoms with Crippen molar-refractivity contribution in [2.24, 2.45) is 4.99 Å². The Morgan fingerprint density at radius 1 is 0.632 bits per heavy atom. The third-order valence-corrected chi connectivity index (χ3v) is 11.8. The van der Waals surface area contributed by atoms with E-state index in [0.717, 1.165) is 64.9 Å². The summed E-state index contributed by atoms with van der Waals surface area (Å²) >= 11 is 0. The van der Waals surface area contributed by atoms with E-state index in [1.54, 1.807) is 0 Å². The van der Waals surface area contributed by atoms with E-state index in [-0.39, 0.29) is 18.1 Å². The second-order valence-electron chi connectivity index (χ2n) is 15.3. The van der Waals surface area contributed by atoms with Crippen molar-refractivity contribution < 1.29 is 0 Å². The fraction of sp³-hybridized carbons (Fsp3) is 0.137. The standard InChI is InChI=1S/C51H40N6/c1-3-8-34(9-4-1)47-30-48(57-51(56-47)38-10-5-2-6-11-38)44-26-23-36-18-20-40(29-46(36)55-44)43-25-22-35-17-19-39(28-45(35)54-43)32-13-15-33(16-14-32)42-31-53-50-41(42)24-21-37-12-7-27-52-49(37)50/h2-3,5-24,26,28-31,43,45,50,52,54H,1,4,25,27H2. The number of allylic oxidation sites excluding steroid dienone is 10. The van der Waals surface area contributed by atoms with Gasteiger partial charge in [0.1, 0.15) is 6.04 Å². The van der Waals surface area contributed by atoms with Gasteiger partial charge in [-0.3, -0.25) is 10.3 Å². The fourth-order valence-corrected chi connectivity index (χ4v) is 8.74. The number of nitrogens with one attached hydrogen (secondary N) is 2. The molecule has 3 atom stereocenters. The van der Waals surface area contributed by atoms with Gasteiger partial charge in [0.05, 0.1) is 28.6 Å². The van der Waals surface area contributed by atoms with Crippen LogP contribution in [0.1, 0.15) is 47.7 Å². The zero-order valence-corrected chi connectivity index (χ0v) is 31.4. The molecule has 3 aliphatic heterocycles. The highest BCUT2D eigenvalue weighted by Crippen LogP contribution is 2.37. The zero-order chi connectivity index (χ0) is 37.7. The van der Waals surface area contributed by atoms with Gasteiger partial charge in [-0.25, -0.2) is 15.0 Å². The maximum Gasteiger partial charge on any atom is 0.160 e. The Bertz CT molecular complexity index is 2790. The van der Waals surface area contributed by atoms with Crippen LogP contribution in [0.5, 0.6) is 0 Å². The Balaban J connectivity index is 0.850. The van der Waals surface area contributed by atoms with E-state index >= 15 is 0 Å². The summed E-state index contributed by atoms with van der Waals surface area (Å²) in [5.74, 6) is 0.708. The highest BCUT2D eigenvalue weighted by Gasteiger charge is 2.30. The molecule has 0 radical (unpaired) electrons. The van der Waals surface area contributed by atoms with Crippen LogP contribution in [-0.4, -0.2) is 39.8 Å². The third kappa shape index (κ3) is 6.28. The van der Waals surface area contributed by atoms with E-state index in [1.165, 1.54) is 50.3 Å². The molecule has 0 spiro atoms. The molecule has 6 heteroatoms. The lowest BCUT2D eigenvalue weighted by molar-refractivity contribution is 0.497. The van der Waals surface area contributed by atoms with Crippen molar-refractivity contribution in [2.75, 3.05) is 6.54 Å². The average molecular weight is 737 g/mol. The number of rotatable bonds is 6. The molecule has 6 aliphatic rings. The third-order valence-electron chi connectivity index (χ3n) is 11.8. The second kappa shape index (κ2) is 14.1. The summed E-state index contributed by atoms with van der Waals surface area (Å²) in [5.41, 5.74) is 16.7. The molecule has 3 aliphatic carbocycles. The van der Waals surface area contributed by atoms with Crippen LogP contribution in [0.2, 0.25) is 0 Å². The minimum Gasteiger partial charge on any atom is -0.382 e. The summed E-state index contributed by atoms with van der Waals surface area (Å²) in [4.78, 5) is 20.2. The van der Waals surface area contributed by atoms with E-state index in [2.05, 4.69) is 150 Å². The molecule has 0 amide bonds. The van der Waals surface area contributed by atoms with Crippen molar-refractivity contribution >= 4 is 33.8 Å². The fourth-order valence-electron chi connectivity index (χ4n) is 8.74. The van der Waals surface area contributed by atoms with Crippen molar-refractivity contribution in [1.82, 2.24) is 25.6 Å². The van der Waals surface area contributed by atoms with Crippen LogP contribution in [-0.2, 0) is 0 Å². The number of benzene rings is 3. The van der Waals surface area contributed by atoms with Gasteiger partial charge in [0, 0.05) is 41.0 Å². The molecule has 6 nitrogen and oxygen atoms in total. The molecule has 3 unspecified atom stereocenters. The SMILES string of the molecule is C1=CC(c2cc(-c3ccc4ccc(C5CC=C6C=CC(c7ccc(C8=C9C=CC%10=C(NCC=C%10)C9N=C8)cc7)=CC6N5)cc4n3)nc(-c3ccccc3)n2)=CCC1. The minimum absolute atomic E-state index is 0.0613. The number of aromatic nitrogens is 3. The lowest BCUT2D eigenvalue weighted by Crippen LogP contribution is -2.36. The zero-order valence-electron chi connectivity index (χ0n) is 31.4. The summed E-state index contributed by atoms with van der Waals surface area (Å²) in [5, 5.41) is 8.61. The number of pyridine rings is 1. The topological polar surface area (TPSA) is 75.1 Å². The lowest BCUT2D eigenvalue weighted by atomic mass is 9.86. The first-order chi connectivity index (χ1) is 28.2. The van der Waals surface area contributed by atoms with Crippen molar-refractivity contribution in [3.63, 3.8) is 0 Å². The van der Waals surface area contributed by atoms with Crippen molar-refractivity contribution in [3.05, 3.63) is 203 Å². The summed E-state index contributed by atoms with van der Waals surface area (Å²) in [6.07, 6.45) is 29.7. The van der Waals surface area contributed by atoms with Crippen molar-refractivity contribution in [1.29, 1.82) is 0 Å². The quantitative estimate of drug-likeness (QED) is 0.182. The van der Waals surface area contributed by atoms with Gasteiger partial charge < -0.3 is 5.32 Å². The Morgan fingerprint density at radius 2 is 1.51 bits per heavy atom. The highest BCUT2D eigenvalue weighted by molar-refractivity contribution is 6.14. The predicted octanol–water partition coefficient (Wildman–Crippen LogP) is 10.3. The molecule has 2 aromatic heterocycles. The minimum atomic E-state index is 0.0613. The first-order valence-electron chi connectivity index (χ1n) is 20.0. The number of dihydropyridines is 1. The number of nitrogens with zero attached hydrogens (tertiary/aromatic N) is 4. The predicted molar refractivity (Wildman–Crippen MR) is 233 cm³/mol. The highest BCUT2D eigenvalue weighted by atomic mass is 15.0. The largest absolute Gasteiger partial charge is 0.382 e. The van der Waals surface area contributed by atoms with Crippen LogP contribution in [0.15, 0.2) is 185 Å². The molecular formula is C51H40N6. The van der Waals surface area contributed by atoms with Gasteiger partial charge in [-0.1, -0.05) is 140 Å². The molecule has 5 heterocycles. The van der Waals surface area contributed by atoms with Crippen LogP contribution >= 0.6 is 0 Å². The van der Waals surface area contributed by atoms with E-state index in [4.69, 9.17) is 19.9 Å². The number of hydrogen-bond donors (Lipinski definition) is 2. The van der Waals surface area contributed by atoms with Gasteiger partial charge >= 0.3 is 0 Å². The molecule has 0 bridgehead atoms. The summed E-state index contributed by atoms with van der Waals surface area (Å²) in [6, 6.07) is 32.5. The van der Waals surface area contributed by atoms with Gasteiger partial charge in [0.15, 0.2) is 5.82 Å². The molecular weight excluding hydrogens is 697 g/mol. The van der Waals surface area contributed by atoms with Gasteiger partial charge in [0.2, 0.25) is 0 Å². The maximum absolute atomic E-state index is 5.21. The number of hydrogen-bond acceptors (Lipinski definition) is 6. The number of aliphatic imine (C=N–C) groups is 1. The monoisotopic (exact) mass is 736 g/mol. The Kier molecular flexibility index (Phi) is 8.29. The van der Waals surface area contributed by atoms with Crippen LogP contribution in [0.25, 0.3) is 50.4 Å². The maximum atomic E-state index is 5.21. The van der Waals surface area contributed by atoms with Gasteiger partial charge in [-0.15, -0.1) is 0 Å². The first kappa shape index (κ1) is 33.6. The molecule has 0 saturated heterocycles. The number of fused-ring (bicyclic) bond motifs is 4. The van der Waals surface area contributed by atoms with Gasteiger partial charge in [-0.2, -0.15) is 0 Å². The molecule has 5 aromatic rings. The summed E-state index contributed by atoms with van der Waals surface area (Å²) < 4.78 is 0. The molecule has 274 valence electrons. The summed E-state index contributed by atoms with van der Waals surface area (Å²) in [7, 11) is 0. The second-order valence-corrected chi connectivity index (χ2v) is 15.3. The van der Waals surface area contributed by atoms with Gasteiger partial charge in [0.25, 0.3) is 0 Å². The van der Waals surface area contributed by atoms with E-state index < -0.39 is 0 Å². The molecule has 0 saturated carbocycles. The van der Waals surface area contributed by atoms with Crippen LogP contribution in [0.4, 0.5) is 0 Å². The van der Waals surface area contributed by atoms with E-state index in [9.17, 15) is 0 Å². The average Bonchev–Trinajstić information content (AvgIpc) is 3.74. The molecule has 0 fully saturated rings. The first-order valence-corrected chi connectivity index (χ1v) is 20.0. The smallest absolute Gasteiger partial charge is 0.160 e. The van der Waals surface area contributed by atoms with Crippen molar-refractivity contribution in [2.45, 2.75) is 37.4 Å². The van der Waals surface area contributed by atoms with Gasteiger partial charge in [-0.05, 0) is 82.0 Å². The Morgan fingerprint density at radius 3 is 2.40 bits per heavy atom.